The lowest BCUT2D eigenvalue weighted by atomic mass is 10.1. The molecular formula is C27H23Cl2IN2O5S. The molecule has 198 valence electrons. The number of nitriles is 1. The number of halogens is 3. The van der Waals surface area contributed by atoms with Crippen LogP contribution in [0.15, 0.2) is 35.9 Å². The molecule has 0 aliphatic rings. The van der Waals surface area contributed by atoms with Gasteiger partial charge in [0.2, 0.25) is 0 Å². The number of rotatable bonds is 9. The number of anilines is 1. The Hall–Kier alpha value is -2.78. The molecular weight excluding hydrogens is 662 g/mol. The fourth-order valence-electron chi connectivity index (χ4n) is 3.40. The number of amides is 1. The zero-order valence-electron chi connectivity index (χ0n) is 20.9. The molecule has 0 radical (unpaired) electrons. The Bertz CT molecular complexity index is 1460. The lowest BCUT2D eigenvalue weighted by Crippen LogP contribution is -2.16. The molecule has 0 atom stereocenters. The van der Waals surface area contributed by atoms with Gasteiger partial charge >= 0.3 is 5.97 Å². The largest absolute Gasteiger partial charge is 0.493 e. The molecule has 0 saturated heterocycles. The quantitative estimate of drug-likeness (QED) is 0.108. The molecule has 0 unspecified atom stereocenters. The number of benzene rings is 2. The van der Waals surface area contributed by atoms with E-state index in [9.17, 15) is 14.9 Å². The highest BCUT2D eigenvalue weighted by Crippen LogP contribution is 2.36. The van der Waals surface area contributed by atoms with E-state index >= 15 is 0 Å². The molecule has 38 heavy (non-hydrogen) atoms. The summed E-state index contributed by atoms with van der Waals surface area (Å²) >= 11 is 15.6. The van der Waals surface area contributed by atoms with Gasteiger partial charge in [-0.1, -0.05) is 29.3 Å². The van der Waals surface area contributed by atoms with Gasteiger partial charge in [-0.3, -0.25) is 4.79 Å². The highest BCUT2D eigenvalue weighted by molar-refractivity contribution is 14.1. The fourth-order valence-corrected chi connectivity index (χ4v) is 5.69. The zero-order chi connectivity index (χ0) is 28.0. The maximum absolute atomic E-state index is 13.0. The van der Waals surface area contributed by atoms with Crippen LogP contribution in [0.4, 0.5) is 5.00 Å². The van der Waals surface area contributed by atoms with Gasteiger partial charge in [0.15, 0.2) is 11.5 Å². The van der Waals surface area contributed by atoms with E-state index in [2.05, 4.69) is 27.9 Å². The van der Waals surface area contributed by atoms with Crippen LogP contribution in [-0.2, 0) is 16.1 Å². The van der Waals surface area contributed by atoms with E-state index in [0.717, 1.165) is 16.0 Å². The number of aryl methyl sites for hydroxylation is 1. The minimum atomic E-state index is -0.647. The average Bonchev–Trinajstić information content (AvgIpc) is 3.14. The Labute approximate surface area is 248 Å². The molecule has 2 aromatic carbocycles. The molecule has 3 aromatic rings. The summed E-state index contributed by atoms with van der Waals surface area (Å²) in [5, 5.41) is 13.8. The molecule has 3 rings (SSSR count). The summed E-state index contributed by atoms with van der Waals surface area (Å²) in [6.45, 7) is 5.73. The normalized spacial score (nSPS) is 11.1. The number of hydrogen-bond donors (Lipinski definition) is 1. The maximum Gasteiger partial charge on any atom is 0.341 e. The van der Waals surface area contributed by atoms with Gasteiger partial charge in [-0.05, 0) is 84.8 Å². The van der Waals surface area contributed by atoms with Gasteiger partial charge in [0, 0.05) is 20.5 Å². The molecule has 0 saturated carbocycles. The third-order valence-corrected chi connectivity index (χ3v) is 7.92. The van der Waals surface area contributed by atoms with Gasteiger partial charge in [-0.2, -0.15) is 5.26 Å². The van der Waals surface area contributed by atoms with Gasteiger partial charge in [0.05, 0.1) is 22.9 Å². The number of ether oxygens (including phenoxy) is 3. The predicted molar refractivity (Wildman–Crippen MR) is 158 cm³/mol. The first kappa shape index (κ1) is 29.8. The van der Waals surface area contributed by atoms with E-state index in [0.29, 0.717) is 41.2 Å². The molecule has 1 N–H and O–H groups in total. The van der Waals surface area contributed by atoms with Crippen LogP contribution in [0, 0.1) is 28.7 Å². The molecule has 11 heteroatoms. The minimum absolute atomic E-state index is 0.150. The summed E-state index contributed by atoms with van der Waals surface area (Å²) < 4.78 is 17.3. The smallest absolute Gasteiger partial charge is 0.341 e. The Morgan fingerprint density at radius 1 is 1.21 bits per heavy atom. The summed E-state index contributed by atoms with van der Waals surface area (Å²) in [6, 6.07) is 10.5. The van der Waals surface area contributed by atoms with Crippen molar-refractivity contribution >= 4 is 80.1 Å². The number of nitrogens with one attached hydrogen (secondary N) is 1. The Balaban J connectivity index is 1.86. The number of hydrogen-bond acceptors (Lipinski definition) is 7. The minimum Gasteiger partial charge on any atom is -0.493 e. The van der Waals surface area contributed by atoms with E-state index in [-0.39, 0.29) is 18.8 Å². The van der Waals surface area contributed by atoms with E-state index in [4.69, 9.17) is 37.4 Å². The summed E-state index contributed by atoms with van der Waals surface area (Å²) in [4.78, 5) is 26.3. The van der Waals surface area contributed by atoms with Crippen molar-refractivity contribution in [1.29, 1.82) is 5.26 Å². The van der Waals surface area contributed by atoms with Crippen molar-refractivity contribution in [2.45, 2.75) is 27.4 Å². The third-order valence-electron chi connectivity index (χ3n) is 5.41. The molecule has 1 amide bonds. The second kappa shape index (κ2) is 13.3. The van der Waals surface area contributed by atoms with Gasteiger partial charge in [0.25, 0.3) is 5.91 Å². The Kier molecular flexibility index (Phi) is 10.4. The maximum atomic E-state index is 13.0. The van der Waals surface area contributed by atoms with E-state index < -0.39 is 11.9 Å². The van der Waals surface area contributed by atoms with Crippen molar-refractivity contribution in [3.63, 3.8) is 0 Å². The van der Waals surface area contributed by atoms with Crippen molar-refractivity contribution < 1.29 is 23.8 Å². The van der Waals surface area contributed by atoms with Crippen molar-refractivity contribution in [1.82, 2.24) is 0 Å². The van der Waals surface area contributed by atoms with Gasteiger partial charge in [0.1, 0.15) is 23.3 Å². The number of esters is 1. The molecule has 1 heterocycles. The number of methoxy groups -OCH3 is 1. The zero-order valence-corrected chi connectivity index (χ0v) is 25.4. The number of thiophene rings is 1. The second-order valence-electron chi connectivity index (χ2n) is 7.89. The Morgan fingerprint density at radius 3 is 2.58 bits per heavy atom. The summed E-state index contributed by atoms with van der Waals surface area (Å²) in [7, 11) is 1.50. The van der Waals surface area contributed by atoms with E-state index in [1.807, 2.05) is 13.0 Å². The monoisotopic (exact) mass is 684 g/mol. The highest BCUT2D eigenvalue weighted by atomic mass is 127. The molecule has 0 aliphatic heterocycles. The summed E-state index contributed by atoms with van der Waals surface area (Å²) in [6.07, 6.45) is 1.44. The van der Waals surface area contributed by atoms with Crippen LogP contribution in [0.2, 0.25) is 10.0 Å². The molecule has 0 fully saturated rings. The number of carbonyl (C=O) groups is 2. The van der Waals surface area contributed by atoms with E-state index in [1.54, 1.807) is 44.2 Å². The lowest BCUT2D eigenvalue weighted by molar-refractivity contribution is -0.112. The second-order valence-corrected chi connectivity index (χ2v) is 11.1. The van der Waals surface area contributed by atoms with Gasteiger partial charge < -0.3 is 19.5 Å². The standard InChI is InChI=1S/C27H23Cl2IN2O5S/c1-5-36-27(34)23-14(2)15(3)38-26(23)32-25(33)18(12-31)8-16-9-21(30)24(22(10-16)35-4)37-13-17-6-7-19(28)11-20(17)29/h6-11H,5,13H2,1-4H3,(H,32,33)/b18-8+. The van der Waals surface area contributed by atoms with Gasteiger partial charge in [-0.15, -0.1) is 11.3 Å². The SMILES string of the molecule is CCOC(=O)c1c(NC(=O)/C(C#N)=C/c2cc(I)c(OCc3ccc(Cl)cc3Cl)c(OC)c2)sc(C)c1C. The molecule has 0 bridgehead atoms. The Morgan fingerprint density at radius 2 is 1.95 bits per heavy atom. The van der Waals surface area contributed by atoms with Crippen LogP contribution in [0.3, 0.4) is 0 Å². The van der Waals surface area contributed by atoms with Crippen molar-refractivity contribution in [3.8, 4) is 17.6 Å². The average molecular weight is 685 g/mol. The van der Waals surface area contributed by atoms with Crippen LogP contribution in [-0.4, -0.2) is 25.6 Å². The summed E-state index contributed by atoms with van der Waals surface area (Å²) in [5.74, 6) is -0.268. The first-order valence-corrected chi connectivity index (χ1v) is 13.9. The first-order chi connectivity index (χ1) is 18.1. The van der Waals surface area contributed by atoms with Crippen LogP contribution in [0.1, 0.15) is 38.8 Å². The number of carbonyl (C=O) groups excluding carboxylic acids is 2. The van der Waals surface area contributed by atoms with Crippen molar-refractivity contribution in [3.05, 3.63) is 76.7 Å². The fraction of sp³-hybridized carbons (Fsp3) is 0.222. The van der Waals surface area contributed by atoms with E-state index in [1.165, 1.54) is 24.5 Å². The molecule has 0 aliphatic carbocycles. The topological polar surface area (TPSA) is 97.7 Å². The van der Waals surface area contributed by atoms with Crippen molar-refractivity contribution in [2.24, 2.45) is 0 Å². The first-order valence-electron chi connectivity index (χ1n) is 11.2. The molecule has 1 aromatic heterocycles. The van der Waals surface area contributed by atoms with Crippen LogP contribution < -0.4 is 14.8 Å². The lowest BCUT2D eigenvalue weighted by Gasteiger charge is -2.14. The van der Waals surface area contributed by atoms with Crippen LogP contribution >= 0.6 is 57.1 Å². The van der Waals surface area contributed by atoms with Gasteiger partial charge in [-0.25, -0.2) is 4.79 Å². The summed E-state index contributed by atoms with van der Waals surface area (Å²) in [5.41, 5.74) is 2.17. The molecule has 7 nitrogen and oxygen atoms in total. The van der Waals surface area contributed by atoms with Crippen LogP contribution in [0.5, 0.6) is 11.5 Å². The predicted octanol–water partition coefficient (Wildman–Crippen LogP) is 7.59. The van der Waals surface area contributed by atoms with Crippen LogP contribution in [0.25, 0.3) is 6.08 Å². The van der Waals surface area contributed by atoms with Crippen molar-refractivity contribution in [2.75, 3.05) is 19.0 Å². The molecule has 0 spiro atoms. The third kappa shape index (κ3) is 6.99. The number of nitrogens with zero attached hydrogens (tertiary/aromatic N) is 1. The highest BCUT2D eigenvalue weighted by Gasteiger charge is 2.23.